The fourth-order valence-electron chi connectivity index (χ4n) is 6.60. The number of carboxylic acid groups (broad SMARTS) is 1. The number of carbonyl (C=O) groups is 4. The summed E-state index contributed by atoms with van der Waals surface area (Å²) in [4.78, 5) is 59.4. The number of carboxylic acids is 1. The van der Waals surface area contributed by atoms with E-state index in [1.54, 1.807) is 61.8 Å². The molecule has 15 nitrogen and oxygen atoms in total. The molecule has 352 valence electrons. The Balaban J connectivity index is 1.70. The van der Waals surface area contributed by atoms with E-state index in [9.17, 15) is 24.3 Å². The molecule has 15 heteroatoms. The van der Waals surface area contributed by atoms with Crippen molar-refractivity contribution in [3.63, 3.8) is 0 Å². The Morgan fingerprint density at radius 3 is 1.57 bits per heavy atom. The van der Waals surface area contributed by atoms with E-state index in [2.05, 4.69) is 0 Å². The van der Waals surface area contributed by atoms with Crippen molar-refractivity contribution < 1.29 is 57.4 Å². The minimum Gasteiger partial charge on any atom is -0.497 e. The number of hydrogen-bond donors (Lipinski definition) is 1. The van der Waals surface area contributed by atoms with Gasteiger partial charge in [0.1, 0.15) is 47.4 Å². The molecule has 3 aromatic carbocycles. The fourth-order valence-corrected chi connectivity index (χ4v) is 6.60. The highest BCUT2D eigenvalue weighted by molar-refractivity contribution is 5.73. The van der Waals surface area contributed by atoms with Crippen LogP contribution in [0.2, 0.25) is 0 Å². The molecule has 0 saturated heterocycles. The predicted molar refractivity (Wildman–Crippen MR) is 244 cm³/mol. The van der Waals surface area contributed by atoms with Gasteiger partial charge in [0.05, 0.1) is 46.5 Å². The fraction of sp³-hybridized carbons (Fsp3) is 0.460. The van der Waals surface area contributed by atoms with Crippen LogP contribution in [0.4, 0.5) is 0 Å². The Morgan fingerprint density at radius 1 is 0.585 bits per heavy atom. The Labute approximate surface area is 382 Å². The smallest absolute Gasteiger partial charge is 0.320 e. The standard InChI is InChI=1S/C50H65N3O12/c1-49(2,3)64-47(57)31-52(29-38-28-35(15-24-45(54)55)14-22-43(38)62-33-36-10-18-40(59-7)19-11-36)26-27-53(32-48(58)65-50(4,5)6)30-42-44(23-16-39(51-42)17-25-46(56)61-9)63-34-37-12-20-41(60-8)21-13-37/h10-14,16,18-23,28H,15,17,24-27,29-34H2,1-9H3,(H,54,55). The number of nitrogens with zero attached hydrogens (tertiary/aromatic N) is 3. The van der Waals surface area contributed by atoms with Gasteiger partial charge in [-0.3, -0.25) is 34.0 Å². The first-order valence-electron chi connectivity index (χ1n) is 21.6. The van der Waals surface area contributed by atoms with Gasteiger partial charge in [-0.25, -0.2) is 0 Å². The normalized spacial score (nSPS) is 11.6. The molecule has 65 heavy (non-hydrogen) atoms. The lowest BCUT2D eigenvalue weighted by Crippen LogP contribution is -2.42. The lowest BCUT2D eigenvalue weighted by atomic mass is 10.0. The van der Waals surface area contributed by atoms with Crippen LogP contribution < -0.4 is 18.9 Å². The monoisotopic (exact) mass is 899 g/mol. The van der Waals surface area contributed by atoms with Crippen molar-refractivity contribution in [3.8, 4) is 23.0 Å². The molecule has 4 rings (SSSR count). The number of ether oxygens (including phenoxy) is 7. The van der Waals surface area contributed by atoms with Crippen LogP contribution in [0.5, 0.6) is 23.0 Å². The highest BCUT2D eigenvalue weighted by Gasteiger charge is 2.25. The number of carbonyl (C=O) groups excluding carboxylic acids is 3. The zero-order valence-corrected chi connectivity index (χ0v) is 39.3. The number of aromatic nitrogens is 1. The van der Waals surface area contributed by atoms with Gasteiger partial charge in [-0.1, -0.05) is 36.4 Å². The van der Waals surface area contributed by atoms with E-state index >= 15 is 0 Å². The number of esters is 3. The molecule has 1 N–H and O–H groups in total. The second kappa shape index (κ2) is 24.8. The number of methoxy groups -OCH3 is 3. The van der Waals surface area contributed by atoms with Crippen LogP contribution in [0.1, 0.15) is 88.0 Å². The maximum Gasteiger partial charge on any atom is 0.320 e. The van der Waals surface area contributed by atoms with Crippen molar-refractivity contribution in [1.82, 2.24) is 14.8 Å². The van der Waals surface area contributed by atoms with Crippen molar-refractivity contribution in [1.29, 1.82) is 0 Å². The average molecular weight is 900 g/mol. The molecule has 1 aromatic heterocycles. The molecule has 0 unspecified atom stereocenters. The lowest BCUT2D eigenvalue weighted by molar-refractivity contribution is -0.158. The third kappa shape index (κ3) is 19.2. The van der Waals surface area contributed by atoms with Gasteiger partial charge in [0, 0.05) is 50.3 Å². The van der Waals surface area contributed by atoms with E-state index < -0.39 is 29.1 Å². The molecule has 0 aliphatic rings. The van der Waals surface area contributed by atoms with Crippen LogP contribution >= 0.6 is 0 Å². The molecule has 0 radical (unpaired) electrons. The van der Waals surface area contributed by atoms with Gasteiger partial charge in [0.15, 0.2) is 0 Å². The van der Waals surface area contributed by atoms with Crippen LogP contribution in [0.25, 0.3) is 0 Å². The number of rotatable bonds is 25. The number of aryl methyl sites for hydroxylation is 2. The van der Waals surface area contributed by atoms with Crippen LogP contribution in [-0.2, 0) is 72.5 Å². The summed E-state index contributed by atoms with van der Waals surface area (Å²) in [5, 5.41) is 9.46. The Bertz CT molecular complexity index is 2160. The Morgan fingerprint density at radius 2 is 1.08 bits per heavy atom. The van der Waals surface area contributed by atoms with Crippen molar-refractivity contribution in [2.24, 2.45) is 0 Å². The van der Waals surface area contributed by atoms with Crippen molar-refractivity contribution in [3.05, 3.63) is 113 Å². The summed E-state index contributed by atoms with van der Waals surface area (Å²) in [5.41, 5.74) is 3.00. The minimum atomic E-state index is -0.916. The first-order valence-corrected chi connectivity index (χ1v) is 21.6. The Hall–Kier alpha value is -6.19. The van der Waals surface area contributed by atoms with E-state index in [1.165, 1.54) is 7.11 Å². The van der Waals surface area contributed by atoms with Crippen LogP contribution in [0, 0.1) is 0 Å². The number of pyridine rings is 1. The predicted octanol–water partition coefficient (Wildman–Crippen LogP) is 7.37. The quantitative estimate of drug-likeness (QED) is 0.0516. The van der Waals surface area contributed by atoms with E-state index in [0.29, 0.717) is 41.5 Å². The first-order chi connectivity index (χ1) is 30.8. The molecule has 0 atom stereocenters. The van der Waals surface area contributed by atoms with Gasteiger partial charge in [-0.05, 0) is 107 Å². The molecule has 0 spiro atoms. The van der Waals surface area contributed by atoms with E-state index in [4.69, 9.17) is 38.1 Å². The van der Waals surface area contributed by atoms with Crippen molar-refractivity contribution in [2.75, 3.05) is 47.5 Å². The Kier molecular flexibility index (Phi) is 19.6. The second-order valence-electron chi connectivity index (χ2n) is 17.5. The average Bonchev–Trinajstić information content (AvgIpc) is 3.24. The molecule has 1 heterocycles. The lowest BCUT2D eigenvalue weighted by Gasteiger charge is -2.29. The molecule has 0 saturated carbocycles. The zero-order valence-electron chi connectivity index (χ0n) is 39.3. The van der Waals surface area contributed by atoms with E-state index in [1.807, 2.05) is 82.6 Å². The van der Waals surface area contributed by atoms with Gasteiger partial charge < -0.3 is 38.3 Å². The largest absolute Gasteiger partial charge is 0.497 e. The summed E-state index contributed by atoms with van der Waals surface area (Å²) in [7, 11) is 4.54. The summed E-state index contributed by atoms with van der Waals surface area (Å²) in [6.07, 6.45) is 0.684. The summed E-state index contributed by atoms with van der Waals surface area (Å²) in [6.45, 7) is 11.9. The highest BCUT2D eigenvalue weighted by atomic mass is 16.6. The zero-order chi connectivity index (χ0) is 47.6. The van der Waals surface area contributed by atoms with Crippen LogP contribution in [-0.4, -0.2) is 102 Å². The summed E-state index contributed by atoms with van der Waals surface area (Å²) >= 11 is 0. The van der Waals surface area contributed by atoms with Crippen molar-refractivity contribution in [2.45, 2.75) is 105 Å². The maximum atomic E-state index is 13.5. The molecular formula is C50H65N3O12. The third-order valence-corrected chi connectivity index (χ3v) is 9.71. The van der Waals surface area contributed by atoms with Crippen molar-refractivity contribution >= 4 is 23.9 Å². The van der Waals surface area contributed by atoms with Crippen LogP contribution in [0.3, 0.4) is 0 Å². The summed E-state index contributed by atoms with van der Waals surface area (Å²) < 4.78 is 39.8. The van der Waals surface area contributed by atoms with Gasteiger partial charge in [-0.15, -0.1) is 0 Å². The number of aliphatic carboxylic acids is 1. The second-order valence-corrected chi connectivity index (χ2v) is 17.5. The first kappa shape index (κ1) is 51.4. The highest BCUT2D eigenvalue weighted by Crippen LogP contribution is 2.26. The van der Waals surface area contributed by atoms with E-state index in [0.717, 1.165) is 28.0 Å². The molecule has 0 aliphatic carbocycles. The minimum absolute atomic E-state index is 0.0591. The number of hydrogen-bond acceptors (Lipinski definition) is 14. The van der Waals surface area contributed by atoms with Gasteiger partial charge in [0.2, 0.25) is 0 Å². The molecule has 0 amide bonds. The van der Waals surface area contributed by atoms with Gasteiger partial charge >= 0.3 is 23.9 Å². The molecular weight excluding hydrogens is 835 g/mol. The molecule has 0 bridgehead atoms. The molecule has 4 aromatic rings. The summed E-state index contributed by atoms with van der Waals surface area (Å²) in [5.74, 6) is 0.285. The molecule has 0 fully saturated rings. The van der Waals surface area contributed by atoms with Gasteiger partial charge in [-0.2, -0.15) is 0 Å². The molecule has 0 aliphatic heterocycles. The maximum absolute atomic E-state index is 13.5. The van der Waals surface area contributed by atoms with Crippen LogP contribution in [0.15, 0.2) is 78.9 Å². The SMILES string of the molecule is COC(=O)CCc1ccc(OCc2ccc(OC)cc2)c(CN(CCN(CC(=O)OC(C)(C)C)Cc2cc(CCC(=O)O)ccc2OCc2ccc(OC)cc2)CC(=O)OC(C)(C)C)n1. The summed E-state index contributed by atoms with van der Waals surface area (Å²) in [6, 6.07) is 24.2. The third-order valence-electron chi connectivity index (χ3n) is 9.71. The number of benzene rings is 3. The van der Waals surface area contributed by atoms with Gasteiger partial charge in [0.25, 0.3) is 0 Å². The topological polar surface area (TPSA) is 172 Å². The van der Waals surface area contributed by atoms with E-state index in [-0.39, 0.29) is 71.3 Å².